The molecule has 1 saturated heterocycles. The second kappa shape index (κ2) is 6.11. The van der Waals surface area contributed by atoms with E-state index in [2.05, 4.69) is 24.3 Å². The summed E-state index contributed by atoms with van der Waals surface area (Å²) in [6.45, 7) is 6.48. The van der Waals surface area contributed by atoms with Crippen LogP contribution >= 0.6 is 0 Å². The van der Waals surface area contributed by atoms with Crippen molar-refractivity contribution in [3.8, 4) is 0 Å². The number of hydrogen-bond donors (Lipinski definition) is 1. The number of nitrogens with one attached hydrogen (secondary N) is 1. The summed E-state index contributed by atoms with van der Waals surface area (Å²) in [5, 5.41) is 7.61. The van der Waals surface area contributed by atoms with Gasteiger partial charge in [-0.2, -0.15) is 5.10 Å². The average Bonchev–Trinajstić information content (AvgIpc) is 2.78. The molecule has 2 heterocycles. The van der Waals surface area contributed by atoms with Gasteiger partial charge < -0.3 is 10.1 Å². The van der Waals surface area contributed by atoms with Crippen molar-refractivity contribution < 1.29 is 9.53 Å². The SMILES string of the molecule is CC(C)n1ccc(CC(=O)CC2CNCCO2)n1. The minimum Gasteiger partial charge on any atom is -0.375 e. The predicted molar refractivity (Wildman–Crippen MR) is 68.5 cm³/mol. The van der Waals surface area contributed by atoms with Crippen molar-refractivity contribution in [3.05, 3.63) is 18.0 Å². The Morgan fingerprint density at radius 1 is 1.67 bits per heavy atom. The Morgan fingerprint density at radius 2 is 2.50 bits per heavy atom. The molecule has 1 aliphatic rings. The molecule has 0 saturated carbocycles. The molecule has 1 aromatic rings. The van der Waals surface area contributed by atoms with E-state index >= 15 is 0 Å². The zero-order chi connectivity index (χ0) is 13.0. The number of morpholine rings is 1. The Morgan fingerprint density at radius 3 is 3.11 bits per heavy atom. The largest absolute Gasteiger partial charge is 0.375 e. The number of aromatic nitrogens is 2. The van der Waals surface area contributed by atoms with Gasteiger partial charge >= 0.3 is 0 Å². The molecule has 1 aromatic heterocycles. The van der Waals surface area contributed by atoms with Crippen LogP contribution in [-0.2, 0) is 16.0 Å². The van der Waals surface area contributed by atoms with Crippen molar-refractivity contribution >= 4 is 5.78 Å². The summed E-state index contributed by atoms with van der Waals surface area (Å²) >= 11 is 0. The van der Waals surface area contributed by atoms with Gasteiger partial charge in [-0.3, -0.25) is 9.48 Å². The molecule has 0 spiro atoms. The second-order valence-corrected chi connectivity index (χ2v) is 5.00. The summed E-state index contributed by atoms with van der Waals surface area (Å²) < 4.78 is 7.40. The Hall–Kier alpha value is -1.20. The first-order valence-electron chi connectivity index (χ1n) is 6.53. The molecule has 5 nitrogen and oxygen atoms in total. The van der Waals surface area contributed by atoms with Gasteiger partial charge in [0, 0.05) is 31.7 Å². The molecule has 0 aromatic carbocycles. The monoisotopic (exact) mass is 251 g/mol. The first-order chi connectivity index (χ1) is 8.65. The summed E-state index contributed by atoms with van der Waals surface area (Å²) in [7, 11) is 0. The predicted octanol–water partition coefficient (Wildman–Crippen LogP) is 0.954. The third kappa shape index (κ3) is 3.65. The maximum absolute atomic E-state index is 11.9. The third-order valence-corrected chi connectivity index (χ3v) is 3.03. The third-order valence-electron chi connectivity index (χ3n) is 3.03. The number of carbonyl (C=O) groups excluding carboxylic acids is 1. The van der Waals surface area contributed by atoms with E-state index in [-0.39, 0.29) is 11.9 Å². The lowest BCUT2D eigenvalue weighted by Crippen LogP contribution is -2.39. The van der Waals surface area contributed by atoms with Crippen molar-refractivity contribution in [2.45, 2.75) is 38.8 Å². The zero-order valence-corrected chi connectivity index (χ0v) is 11.1. The Kier molecular flexibility index (Phi) is 4.49. The van der Waals surface area contributed by atoms with Crippen LogP contribution in [0.3, 0.4) is 0 Å². The molecular formula is C13H21N3O2. The quantitative estimate of drug-likeness (QED) is 0.846. The zero-order valence-electron chi connectivity index (χ0n) is 11.1. The van der Waals surface area contributed by atoms with Gasteiger partial charge in [0.2, 0.25) is 0 Å². The lowest BCUT2D eigenvalue weighted by molar-refractivity contribution is -0.121. The fraction of sp³-hybridized carbons (Fsp3) is 0.692. The minimum atomic E-state index is 0.0263. The summed E-state index contributed by atoms with van der Waals surface area (Å²) in [4.78, 5) is 11.9. The number of hydrogen-bond acceptors (Lipinski definition) is 4. The summed E-state index contributed by atoms with van der Waals surface area (Å²) in [5.74, 6) is 0.192. The van der Waals surface area contributed by atoms with Crippen molar-refractivity contribution in [2.75, 3.05) is 19.7 Å². The molecule has 0 aliphatic carbocycles. The first kappa shape index (κ1) is 13.2. The number of carbonyl (C=O) groups is 1. The Bertz CT molecular complexity index is 395. The number of nitrogens with zero attached hydrogens (tertiary/aromatic N) is 2. The summed E-state index contributed by atoms with van der Waals surface area (Å²) in [5.41, 5.74) is 0.845. The van der Waals surface area contributed by atoms with Gasteiger partial charge in [0.05, 0.1) is 24.8 Å². The number of Topliss-reactive ketones (excluding diaryl/α,β-unsaturated/α-hetero) is 1. The van der Waals surface area contributed by atoms with Gasteiger partial charge in [0.15, 0.2) is 0 Å². The van der Waals surface area contributed by atoms with Crippen LogP contribution in [0.25, 0.3) is 0 Å². The van der Waals surface area contributed by atoms with Crippen LogP contribution in [0.5, 0.6) is 0 Å². The maximum Gasteiger partial charge on any atom is 0.141 e. The minimum absolute atomic E-state index is 0.0263. The molecule has 0 radical (unpaired) electrons. The molecule has 1 unspecified atom stereocenters. The molecule has 18 heavy (non-hydrogen) atoms. The molecule has 1 aliphatic heterocycles. The van der Waals surface area contributed by atoms with Crippen LogP contribution in [0.4, 0.5) is 0 Å². The van der Waals surface area contributed by atoms with Gasteiger partial charge in [-0.15, -0.1) is 0 Å². The van der Waals surface area contributed by atoms with E-state index < -0.39 is 0 Å². The number of ether oxygens (including phenoxy) is 1. The maximum atomic E-state index is 11.9. The average molecular weight is 251 g/mol. The van der Waals surface area contributed by atoms with Crippen LogP contribution in [0, 0.1) is 0 Å². The smallest absolute Gasteiger partial charge is 0.141 e. The van der Waals surface area contributed by atoms with Crippen molar-refractivity contribution in [1.29, 1.82) is 0 Å². The van der Waals surface area contributed by atoms with Gasteiger partial charge in [-0.25, -0.2) is 0 Å². The first-order valence-corrected chi connectivity index (χ1v) is 6.53. The molecule has 5 heteroatoms. The highest BCUT2D eigenvalue weighted by atomic mass is 16.5. The van der Waals surface area contributed by atoms with E-state index in [1.165, 1.54) is 0 Å². The van der Waals surface area contributed by atoms with Gasteiger partial charge in [-0.1, -0.05) is 0 Å². The van der Waals surface area contributed by atoms with Gasteiger partial charge in [0.1, 0.15) is 5.78 Å². The highest BCUT2D eigenvalue weighted by molar-refractivity contribution is 5.80. The lowest BCUT2D eigenvalue weighted by Gasteiger charge is -2.22. The van der Waals surface area contributed by atoms with Crippen LogP contribution in [0.2, 0.25) is 0 Å². The van der Waals surface area contributed by atoms with E-state index in [1.54, 1.807) is 0 Å². The molecule has 0 amide bonds. The normalized spacial score (nSPS) is 20.3. The summed E-state index contributed by atoms with van der Waals surface area (Å²) in [6.07, 6.45) is 2.83. The summed E-state index contributed by atoms with van der Waals surface area (Å²) in [6, 6.07) is 2.25. The van der Waals surface area contributed by atoms with Crippen molar-refractivity contribution in [3.63, 3.8) is 0 Å². The van der Waals surface area contributed by atoms with E-state index in [0.29, 0.717) is 25.5 Å². The highest BCUT2D eigenvalue weighted by Crippen LogP contribution is 2.08. The molecular weight excluding hydrogens is 230 g/mol. The van der Waals surface area contributed by atoms with E-state index in [4.69, 9.17) is 4.74 Å². The van der Waals surface area contributed by atoms with E-state index in [0.717, 1.165) is 18.8 Å². The van der Waals surface area contributed by atoms with Crippen molar-refractivity contribution in [1.82, 2.24) is 15.1 Å². The molecule has 2 rings (SSSR count). The fourth-order valence-electron chi connectivity index (χ4n) is 2.04. The van der Waals surface area contributed by atoms with Crippen LogP contribution in [-0.4, -0.2) is 41.4 Å². The van der Waals surface area contributed by atoms with Crippen LogP contribution in [0.1, 0.15) is 32.0 Å². The molecule has 1 fully saturated rings. The molecule has 100 valence electrons. The Labute approximate surface area is 108 Å². The lowest BCUT2D eigenvalue weighted by atomic mass is 10.1. The highest BCUT2D eigenvalue weighted by Gasteiger charge is 2.18. The number of rotatable bonds is 5. The second-order valence-electron chi connectivity index (χ2n) is 5.00. The van der Waals surface area contributed by atoms with Crippen LogP contribution in [0.15, 0.2) is 12.3 Å². The van der Waals surface area contributed by atoms with Gasteiger partial charge in [-0.05, 0) is 19.9 Å². The number of ketones is 1. The van der Waals surface area contributed by atoms with Crippen molar-refractivity contribution in [2.24, 2.45) is 0 Å². The standard InChI is InChI=1S/C13H21N3O2/c1-10(2)16-5-3-11(15-16)7-12(17)8-13-9-14-4-6-18-13/h3,5,10,13-14H,4,6-9H2,1-2H3. The van der Waals surface area contributed by atoms with E-state index in [1.807, 2.05) is 16.9 Å². The Balaban J connectivity index is 1.82. The van der Waals surface area contributed by atoms with Crippen LogP contribution < -0.4 is 5.32 Å². The molecule has 0 bridgehead atoms. The topological polar surface area (TPSA) is 56.2 Å². The molecule has 1 N–H and O–H groups in total. The molecule has 1 atom stereocenters. The van der Waals surface area contributed by atoms with E-state index in [9.17, 15) is 4.79 Å². The van der Waals surface area contributed by atoms with Gasteiger partial charge in [0.25, 0.3) is 0 Å². The fourth-order valence-corrected chi connectivity index (χ4v) is 2.04.